The van der Waals surface area contributed by atoms with E-state index in [0.29, 0.717) is 19.3 Å². The molecule has 0 radical (unpaired) electrons. The van der Waals surface area contributed by atoms with Gasteiger partial charge in [-0.1, -0.05) is 221 Å². The lowest BCUT2D eigenvalue weighted by Crippen LogP contribution is -2.30. The van der Waals surface area contributed by atoms with Gasteiger partial charge >= 0.3 is 17.9 Å². The summed E-state index contributed by atoms with van der Waals surface area (Å²) in [5.41, 5.74) is 0. The lowest BCUT2D eigenvalue weighted by Gasteiger charge is -2.18. The van der Waals surface area contributed by atoms with Gasteiger partial charge < -0.3 is 14.2 Å². The van der Waals surface area contributed by atoms with Crippen molar-refractivity contribution >= 4 is 17.9 Å². The van der Waals surface area contributed by atoms with E-state index in [0.717, 1.165) is 122 Å². The average molecular weight is 946 g/mol. The molecule has 0 aliphatic heterocycles. The minimum atomic E-state index is -0.795. The van der Waals surface area contributed by atoms with Gasteiger partial charge in [-0.25, -0.2) is 0 Å². The van der Waals surface area contributed by atoms with E-state index in [4.69, 9.17) is 14.2 Å². The second kappa shape index (κ2) is 55.9. The summed E-state index contributed by atoms with van der Waals surface area (Å²) in [6, 6.07) is 0. The number of carbonyl (C=O) groups is 3. The second-order valence-corrected chi connectivity index (χ2v) is 18.4. The number of esters is 3. The fourth-order valence-electron chi connectivity index (χ4n) is 7.62. The van der Waals surface area contributed by atoms with Crippen LogP contribution in [0.4, 0.5) is 0 Å². The number of hydrogen-bond acceptors (Lipinski definition) is 6. The van der Waals surface area contributed by atoms with E-state index in [2.05, 4.69) is 118 Å². The SMILES string of the molecule is CC/C=C\C/C=C\C/C=C\CCCCCCCCCCCC(=O)OCC(COC(=O)CCCCCC/C=C\C/C=C\C/C=C\CC)OC(=O)CCCCCCCCC/C=C\C/C=C\CCCCC. The summed E-state index contributed by atoms with van der Waals surface area (Å²) >= 11 is 0. The van der Waals surface area contributed by atoms with Gasteiger partial charge in [-0.2, -0.15) is 0 Å². The van der Waals surface area contributed by atoms with Crippen molar-refractivity contribution in [3.05, 3.63) is 97.2 Å². The fraction of sp³-hybridized carbons (Fsp3) is 0.694. The topological polar surface area (TPSA) is 78.9 Å². The third-order valence-corrected chi connectivity index (χ3v) is 11.8. The number of carbonyl (C=O) groups excluding carboxylic acids is 3. The Morgan fingerprint density at radius 2 is 0.574 bits per heavy atom. The maximum absolute atomic E-state index is 12.9. The van der Waals surface area contributed by atoms with Gasteiger partial charge in [-0.3, -0.25) is 14.4 Å². The number of hydrogen-bond donors (Lipinski definition) is 0. The largest absolute Gasteiger partial charge is 0.462 e. The highest BCUT2D eigenvalue weighted by Crippen LogP contribution is 2.15. The molecule has 0 saturated heterocycles. The minimum Gasteiger partial charge on any atom is -0.462 e. The summed E-state index contributed by atoms with van der Waals surface area (Å²) in [6.45, 7) is 6.37. The Hall–Kier alpha value is -3.67. The molecule has 0 aromatic carbocycles. The van der Waals surface area contributed by atoms with Crippen LogP contribution in [-0.4, -0.2) is 37.2 Å². The molecule has 0 aromatic heterocycles. The number of unbranched alkanes of at least 4 members (excludes halogenated alkanes) is 23. The average Bonchev–Trinajstić information content (AvgIpc) is 3.34. The molecule has 1 atom stereocenters. The molecule has 6 heteroatoms. The highest BCUT2D eigenvalue weighted by atomic mass is 16.6. The summed E-state index contributed by atoms with van der Waals surface area (Å²) < 4.78 is 16.8. The zero-order chi connectivity index (χ0) is 49.3. The zero-order valence-electron chi connectivity index (χ0n) is 44.3. The minimum absolute atomic E-state index is 0.0915. The van der Waals surface area contributed by atoms with Gasteiger partial charge in [-0.05, 0) is 116 Å². The maximum atomic E-state index is 12.9. The zero-order valence-corrected chi connectivity index (χ0v) is 44.3. The van der Waals surface area contributed by atoms with Crippen LogP contribution in [0.25, 0.3) is 0 Å². The van der Waals surface area contributed by atoms with Crippen molar-refractivity contribution in [2.24, 2.45) is 0 Å². The van der Waals surface area contributed by atoms with Crippen LogP contribution in [0.2, 0.25) is 0 Å². The van der Waals surface area contributed by atoms with Crippen molar-refractivity contribution < 1.29 is 28.6 Å². The normalized spacial score (nSPS) is 12.8. The van der Waals surface area contributed by atoms with Gasteiger partial charge in [0.2, 0.25) is 0 Å². The first-order valence-corrected chi connectivity index (χ1v) is 28.2. The molecule has 0 N–H and O–H groups in total. The van der Waals surface area contributed by atoms with Crippen LogP contribution in [0.15, 0.2) is 97.2 Å². The molecule has 0 rings (SSSR count). The van der Waals surface area contributed by atoms with Crippen LogP contribution in [-0.2, 0) is 28.6 Å². The Kier molecular flexibility index (Phi) is 52.9. The van der Waals surface area contributed by atoms with E-state index in [1.807, 2.05) is 0 Å². The van der Waals surface area contributed by atoms with Gasteiger partial charge in [0.15, 0.2) is 6.10 Å². The van der Waals surface area contributed by atoms with E-state index in [9.17, 15) is 14.4 Å². The van der Waals surface area contributed by atoms with Crippen LogP contribution < -0.4 is 0 Å². The number of allylic oxidation sites excluding steroid dienone is 16. The van der Waals surface area contributed by atoms with E-state index in [-0.39, 0.29) is 31.1 Å². The van der Waals surface area contributed by atoms with Gasteiger partial charge in [0.05, 0.1) is 0 Å². The van der Waals surface area contributed by atoms with Crippen molar-refractivity contribution in [1.29, 1.82) is 0 Å². The van der Waals surface area contributed by atoms with E-state index < -0.39 is 6.10 Å². The molecule has 68 heavy (non-hydrogen) atoms. The third kappa shape index (κ3) is 53.3. The molecule has 0 saturated carbocycles. The van der Waals surface area contributed by atoms with Crippen LogP contribution in [0.1, 0.15) is 258 Å². The van der Waals surface area contributed by atoms with Crippen LogP contribution in [0.3, 0.4) is 0 Å². The van der Waals surface area contributed by atoms with Gasteiger partial charge in [-0.15, -0.1) is 0 Å². The first kappa shape index (κ1) is 64.3. The molecule has 388 valence electrons. The molecule has 0 heterocycles. The lowest BCUT2D eigenvalue weighted by molar-refractivity contribution is -0.167. The Morgan fingerprint density at radius 3 is 0.897 bits per heavy atom. The molecule has 0 bridgehead atoms. The molecule has 0 spiro atoms. The predicted molar refractivity (Wildman–Crippen MR) is 293 cm³/mol. The van der Waals surface area contributed by atoms with Gasteiger partial charge in [0.25, 0.3) is 0 Å². The molecule has 0 fully saturated rings. The van der Waals surface area contributed by atoms with Crippen molar-refractivity contribution in [2.75, 3.05) is 13.2 Å². The van der Waals surface area contributed by atoms with Crippen molar-refractivity contribution in [3.8, 4) is 0 Å². The third-order valence-electron chi connectivity index (χ3n) is 11.8. The maximum Gasteiger partial charge on any atom is 0.306 e. The Labute approximate surface area is 419 Å². The molecule has 6 nitrogen and oxygen atoms in total. The molecular weight excluding hydrogens is 841 g/mol. The molecule has 0 amide bonds. The number of rotatable bonds is 50. The Morgan fingerprint density at radius 1 is 0.309 bits per heavy atom. The Bertz CT molecular complexity index is 1360. The molecule has 0 aliphatic carbocycles. The number of ether oxygens (including phenoxy) is 3. The standard InChI is InChI=1S/C62H104O6/c1-4-7-10-13-16-19-22-25-28-30-31-33-34-37-40-43-46-49-52-55-61(64)67-58-59(57-66-60(63)54-51-48-45-42-39-36-27-24-21-18-15-12-9-6-3)68-62(65)56-53-50-47-44-41-38-35-32-29-26-23-20-17-14-11-8-5-2/h7,9-10,12,16-21,25-29,36,59H,4-6,8,11,13-15,22-24,30-35,37-58H2,1-3H3/b10-7-,12-9-,19-16-,20-17-,21-18-,28-25-,29-26-,36-27-. The molecule has 1 unspecified atom stereocenters. The summed E-state index contributed by atoms with van der Waals surface area (Å²) in [6.07, 6.45) is 73.9. The van der Waals surface area contributed by atoms with Gasteiger partial charge in [0.1, 0.15) is 13.2 Å². The first-order valence-electron chi connectivity index (χ1n) is 28.2. The summed E-state index contributed by atoms with van der Waals surface area (Å²) in [4.78, 5) is 38.1. The lowest BCUT2D eigenvalue weighted by atomic mass is 10.1. The second-order valence-electron chi connectivity index (χ2n) is 18.4. The highest BCUT2D eigenvalue weighted by Gasteiger charge is 2.19. The summed E-state index contributed by atoms with van der Waals surface area (Å²) in [5.74, 6) is -0.925. The molecular formula is C62H104O6. The quantitative estimate of drug-likeness (QED) is 0.0262. The first-order chi connectivity index (χ1) is 33.5. The van der Waals surface area contributed by atoms with E-state index in [1.165, 1.54) is 96.3 Å². The highest BCUT2D eigenvalue weighted by molar-refractivity contribution is 5.71. The predicted octanol–water partition coefficient (Wildman–Crippen LogP) is 18.9. The van der Waals surface area contributed by atoms with Crippen LogP contribution >= 0.6 is 0 Å². The van der Waals surface area contributed by atoms with Crippen LogP contribution in [0.5, 0.6) is 0 Å². The van der Waals surface area contributed by atoms with Crippen molar-refractivity contribution in [3.63, 3.8) is 0 Å². The van der Waals surface area contributed by atoms with E-state index in [1.54, 1.807) is 0 Å². The van der Waals surface area contributed by atoms with Crippen molar-refractivity contribution in [1.82, 2.24) is 0 Å². The monoisotopic (exact) mass is 945 g/mol. The van der Waals surface area contributed by atoms with Crippen molar-refractivity contribution in [2.45, 2.75) is 264 Å². The smallest absolute Gasteiger partial charge is 0.306 e. The van der Waals surface area contributed by atoms with E-state index >= 15 is 0 Å². The molecule has 0 aliphatic rings. The molecule has 0 aromatic rings. The fourth-order valence-corrected chi connectivity index (χ4v) is 7.62. The summed E-state index contributed by atoms with van der Waals surface area (Å²) in [7, 11) is 0. The Balaban J connectivity index is 4.42. The van der Waals surface area contributed by atoms with Crippen LogP contribution in [0, 0.1) is 0 Å². The summed E-state index contributed by atoms with van der Waals surface area (Å²) in [5, 5.41) is 0. The van der Waals surface area contributed by atoms with Gasteiger partial charge in [0, 0.05) is 19.3 Å².